The zero-order chi connectivity index (χ0) is 12.4. The third-order valence-electron chi connectivity index (χ3n) is 3.74. The van der Waals surface area contributed by atoms with Crippen LogP contribution in [-0.2, 0) is 6.42 Å². The molecule has 1 atom stereocenters. The van der Waals surface area contributed by atoms with Gasteiger partial charge in [-0.1, -0.05) is 6.07 Å². The number of nitrogens with one attached hydrogen (secondary N) is 1. The largest absolute Gasteiger partial charge is 0.489 e. The Bertz CT molecular complexity index is 411. The van der Waals surface area contributed by atoms with Gasteiger partial charge in [0.25, 0.3) is 0 Å². The van der Waals surface area contributed by atoms with E-state index in [-0.39, 0.29) is 0 Å². The molecule has 2 fully saturated rings. The first-order chi connectivity index (χ1) is 8.81. The lowest BCUT2D eigenvalue weighted by molar-refractivity contribution is 0.301. The predicted octanol–water partition coefficient (Wildman–Crippen LogP) is 3.53. The molecule has 1 unspecified atom stereocenters. The first-order valence-electron chi connectivity index (χ1n) is 6.97. The highest BCUT2D eigenvalue weighted by Crippen LogP contribution is 2.33. The zero-order valence-corrected chi connectivity index (χ0v) is 12.2. The predicted molar refractivity (Wildman–Crippen MR) is 77.1 cm³/mol. The van der Waals surface area contributed by atoms with Gasteiger partial charge in [-0.25, -0.2) is 0 Å². The fourth-order valence-corrected chi connectivity index (χ4v) is 3.08. The van der Waals surface area contributed by atoms with Gasteiger partial charge >= 0.3 is 0 Å². The van der Waals surface area contributed by atoms with Crippen molar-refractivity contribution in [3.05, 3.63) is 28.2 Å². The van der Waals surface area contributed by atoms with Crippen LogP contribution in [0.1, 0.15) is 31.2 Å². The molecule has 2 nitrogen and oxygen atoms in total. The Kier molecular flexibility index (Phi) is 3.90. The Labute approximate surface area is 117 Å². The molecule has 98 valence electrons. The number of halogens is 1. The van der Waals surface area contributed by atoms with Gasteiger partial charge in [-0.15, -0.1) is 0 Å². The third kappa shape index (κ3) is 3.27. The topological polar surface area (TPSA) is 21.3 Å². The van der Waals surface area contributed by atoms with Crippen molar-refractivity contribution in [2.45, 2.75) is 38.2 Å². The van der Waals surface area contributed by atoms with Crippen LogP contribution >= 0.6 is 15.9 Å². The Morgan fingerprint density at radius 2 is 2.17 bits per heavy atom. The van der Waals surface area contributed by atoms with E-state index in [1.165, 1.54) is 44.2 Å². The fraction of sp³-hybridized carbons (Fsp3) is 0.600. The minimum Gasteiger partial charge on any atom is -0.489 e. The van der Waals surface area contributed by atoms with E-state index < -0.39 is 0 Å². The molecule has 1 N–H and O–H groups in total. The summed E-state index contributed by atoms with van der Waals surface area (Å²) in [6.07, 6.45) is 6.73. The van der Waals surface area contributed by atoms with Crippen molar-refractivity contribution in [3.8, 4) is 5.75 Å². The average molecular weight is 310 g/mol. The monoisotopic (exact) mass is 309 g/mol. The highest BCUT2D eigenvalue weighted by Gasteiger charge is 2.24. The minimum absolute atomic E-state index is 0.467. The number of benzene rings is 1. The number of rotatable bonds is 4. The second-order valence-electron chi connectivity index (χ2n) is 5.50. The van der Waals surface area contributed by atoms with Crippen molar-refractivity contribution >= 4 is 15.9 Å². The minimum atomic E-state index is 0.467. The normalized spacial score (nSPS) is 23.9. The van der Waals surface area contributed by atoms with Crippen LogP contribution in [-0.4, -0.2) is 19.2 Å². The summed E-state index contributed by atoms with van der Waals surface area (Å²) >= 11 is 3.63. The first kappa shape index (κ1) is 12.5. The molecule has 1 saturated carbocycles. The summed E-state index contributed by atoms with van der Waals surface area (Å²) in [7, 11) is 0. The van der Waals surface area contributed by atoms with Crippen molar-refractivity contribution in [3.63, 3.8) is 0 Å². The Balaban J connectivity index is 1.63. The molecular weight excluding hydrogens is 290 g/mol. The van der Waals surface area contributed by atoms with Crippen LogP contribution in [0.4, 0.5) is 0 Å². The van der Waals surface area contributed by atoms with Gasteiger partial charge in [0.05, 0.1) is 10.6 Å². The highest BCUT2D eigenvalue weighted by molar-refractivity contribution is 9.10. The van der Waals surface area contributed by atoms with Crippen LogP contribution in [0.2, 0.25) is 0 Å². The second kappa shape index (κ2) is 5.62. The maximum absolute atomic E-state index is 5.84. The Morgan fingerprint density at radius 3 is 2.83 bits per heavy atom. The summed E-state index contributed by atoms with van der Waals surface area (Å²) in [6.45, 7) is 2.35. The third-order valence-corrected chi connectivity index (χ3v) is 4.36. The van der Waals surface area contributed by atoms with Gasteiger partial charge in [0.15, 0.2) is 0 Å². The van der Waals surface area contributed by atoms with Gasteiger partial charge in [-0.05, 0) is 84.7 Å². The molecule has 1 aliphatic heterocycles. The van der Waals surface area contributed by atoms with E-state index in [9.17, 15) is 0 Å². The second-order valence-corrected chi connectivity index (χ2v) is 6.35. The van der Waals surface area contributed by atoms with E-state index in [0.29, 0.717) is 6.10 Å². The van der Waals surface area contributed by atoms with E-state index in [4.69, 9.17) is 4.74 Å². The lowest BCUT2D eigenvalue weighted by Gasteiger charge is -2.23. The SMILES string of the molecule is Brc1cc(CC2CCCNC2)ccc1OC1CC1. The van der Waals surface area contributed by atoms with E-state index in [1.807, 2.05) is 0 Å². The molecule has 1 saturated heterocycles. The smallest absolute Gasteiger partial charge is 0.133 e. The number of hydrogen-bond donors (Lipinski definition) is 1. The van der Waals surface area contributed by atoms with Gasteiger partial charge in [-0.3, -0.25) is 0 Å². The maximum Gasteiger partial charge on any atom is 0.133 e. The van der Waals surface area contributed by atoms with Gasteiger partial charge in [0.1, 0.15) is 5.75 Å². The van der Waals surface area contributed by atoms with Crippen LogP contribution in [0.5, 0.6) is 5.75 Å². The summed E-state index contributed by atoms with van der Waals surface area (Å²) in [6, 6.07) is 6.57. The van der Waals surface area contributed by atoms with Crippen LogP contribution in [0.3, 0.4) is 0 Å². The summed E-state index contributed by atoms with van der Waals surface area (Å²) in [5.74, 6) is 1.80. The molecular formula is C15H20BrNO. The van der Waals surface area contributed by atoms with Crippen molar-refractivity contribution < 1.29 is 4.74 Å². The molecule has 0 bridgehead atoms. The number of piperidine rings is 1. The van der Waals surface area contributed by atoms with Crippen molar-refractivity contribution in [2.24, 2.45) is 5.92 Å². The fourth-order valence-electron chi connectivity index (χ4n) is 2.56. The van der Waals surface area contributed by atoms with E-state index >= 15 is 0 Å². The molecule has 0 amide bonds. The molecule has 1 heterocycles. The van der Waals surface area contributed by atoms with Gasteiger partial charge in [-0.2, -0.15) is 0 Å². The Hall–Kier alpha value is -0.540. The van der Waals surface area contributed by atoms with Crippen molar-refractivity contribution in [2.75, 3.05) is 13.1 Å². The molecule has 1 aromatic rings. The lowest BCUT2D eigenvalue weighted by Crippen LogP contribution is -2.30. The molecule has 3 heteroatoms. The Morgan fingerprint density at radius 1 is 1.28 bits per heavy atom. The van der Waals surface area contributed by atoms with Crippen LogP contribution in [0.15, 0.2) is 22.7 Å². The van der Waals surface area contributed by atoms with Crippen LogP contribution in [0, 0.1) is 5.92 Å². The molecule has 1 aromatic carbocycles. The van der Waals surface area contributed by atoms with Gasteiger partial charge in [0, 0.05) is 0 Å². The van der Waals surface area contributed by atoms with E-state index in [1.54, 1.807) is 0 Å². The van der Waals surface area contributed by atoms with Gasteiger partial charge < -0.3 is 10.1 Å². The highest BCUT2D eigenvalue weighted by atomic mass is 79.9. The zero-order valence-electron chi connectivity index (χ0n) is 10.6. The van der Waals surface area contributed by atoms with Crippen molar-refractivity contribution in [1.29, 1.82) is 0 Å². The summed E-state index contributed by atoms with van der Waals surface area (Å²) < 4.78 is 6.95. The summed E-state index contributed by atoms with van der Waals surface area (Å²) in [5, 5.41) is 3.48. The molecule has 1 aliphatic carbocycles. The molecule has 2 aliphatic rings. The summed E-state index contributed by atoms with van der Waals surface area (Å²) in [5.41, 5.74) is 1.42. The van der Waals surface area contributed by atoms with Gasteiger partial charge in [0.2, 0.25) is 0 Å². The molecule has 0 aromatic heterocycles. The quantitative estimate of drug-likeness (QED) is 0.918. The maximum atomic E-state index is 5.84. The first-order valence-corrected chi connectivity index (χ1v) is 7.76. The number of ether oxygens (including phenoxy) is 1. The standard InChI is InChI=1S/C15H20BrNO/c16-14-9-11(8-12-2-1-7-17-10-12)3-6-15(14)18-13-4-5-13/h3,6,9,12-13,17H,1-2,4-5,7-8,10H2. The average Bonchev–Trinajstić information content (AvgIpc) is 3.18. The number of hydrogen-bond acceptors (Lipinski definition) is 2. The molecule has 0 radical (unpaired) electrons. The van der Waals surface area contributed by atoms with E-state index in [0.717, 1.165) is 22.7 Å². The lowest BCUT2D eigenvalue weighted by atomic mass is 9.92. The van der Waals surface area contributed by atoms with Crippen LogP contribution < -0.4 is 10.1 Å². The van der Waals surface area contributed by atoms with E-state index in [2.05, 4.69) is 39.4 Å². The summed E-state index contributed by atoms with van der Waals surface area (Å²) in [4.78, 5) is 0. The van der Waals surface area contributed by atoms with Crippen LogP contribution in [0.25, 0.3) is 0 Å². The van der Waals surface area contributed by atoms with Crippen molar-refractivity contribution in [1.82, 2.24) is 5.32 Å². The molecule has 0 spiro atoms. The molecule has 18 heavy (non-hydrogen) atoms. The molecule has 3 rings (SSSR count).